The molecule has 5 nitrogen and oxygen atoms in total. The van der Waals surface area contributed by atoms with E-state index >= 15 is 0 Å². The summed E-state index contributed by atoms with van der Waals surface area (Å²) in [5.74, 6) is 0.904. The summed E-state index contributed by atoms with van der Waals surface area (Å²) in [5.41, 5.74) is 17.8. The number of hydrogen-bond acceptors (Lipinski definition) is 4. The van der Waals surface area contributed by atoms with Gasteiger partial charge in [-0.1, -0.05) is 114 Å². The highest BCUT2D eigenvalue weighted by Crippen LogP contribution is 2.46. The maximum absolute atomic E-state index is 4.91. The Morgan fingerprint density at radius 3 is 1.67 bits per heavy atom. The SMILES string of the molecule is CC(C)(C)c1ccc(N2c3ccc(-c4ccccn4)cc3B3c4cc5c(cc4N(c4ccc(C(C)(C)C)cc4)c4cccc2c43)c2ccccc2n5-c2ccccn2)cc1. The Morgan fingerprint density at radius 2 is 1.05 bits per heavy atom. The third-order valence-corrected chi connectivity index (χ3v) is 12.6. The number of para-hydroxylation sites is 1. The number of anilines is 6. The van der Waals surface area contributed by atoms with Gasteiger partial charge in [-0.05, 0) is 129 Å². The van der Waals surface area contributed by atoms with E-state index in [9.17, 15) is 0 Å². The van der Waals surface area contributed by atoms with E-state index < -0.39 is 0 Å². The molecule has 5 heterocycles. The number of benzene rings is 6. The Labute approximate surface area is 352 Å². The number of aromatic nitrogens is 3. The summed E-state index contributed by atoms with van der Waals surface area (Å²) in [6.45, 7) is 13.6. The van der Waals surface area contributed by atoms with Gasteiger partial charge in [-0.2, -0.15) is 0 Å². The highest BCUT2D eigenvalue weighted by Gasteiger charge is 2.44. The second kappa shape index (κ2) is 13.3. The smallest absolute Gasteiger partial charge is 0.252 e. The first-order valence-corrected chi connectivity index (χ1v) is 21.0. The second-order valence-corrected chi connectivity index (χ2v) is 18.4. The summed E-state index contributed by atoms with van der Waals surface area (Å²) in [6.07, 6.45) is 3.77. The summed E-state index contributed by atoms with van der Waals surface area (Å²) < 4.78 is 2.34. The minimum absolute atomic E-state index is 0.0346. The minimum atomic E-state index is -0.0698. The maximum atomic E-state index is 4.91. The summed E-state index contributed by atoms with van der Waals surface area (Å²) in [7, 11) is 0. The zero-order valence-electron chi connectivity index (χ0n) is 35.0. The molecule has 0 amide bonds. The monoisotopic (exact) mass is 775 g/mol. The van der Waals surface area contributed by atoms with Crippen molar-refractivity contribution in [2.45, 2.75) is 52.4 Å². The molecular formula is C54H46BN5. The van der Waals surface area contributed by atoms with E-state index in [0.29, 0.717) is 0 Å². The fourth-order valence-corrected chi connectivity index (χ4v) is 9.60. The molecule has 290 valence electrons. The Morgan fingerprint density at radius 1 is 0.450 bits per heavy atom. The van der Waals surface area contributed by atoms with Gasteiger partial charge in [-0.3, -0.25) is 9.55 Å². The zero-order chi connectivity index (χ0) is 40.9. The van der Waals surface area contributed by atoms with Crippen LogP contribution >= 0.6 is 0 Å². The molecule has 0 saturated heterocycles. The molecule has 0 aliphatic carbocycles. The standard InChI is InChI=1S/C54H46BN5/c1-53(2,3)36-21-25-38(26-22-36)58-46-29-20-35(44-15-9-11-30-56-44)32-42(46)55-43-34-49-41(40-14-7-8-16-45(40)60(49)51-19-10-12-31-57-51)33-50(43)59(48-18-13-17-47(58)52(48)55)39-27-23-37(24-28-39)54(4,5)6/h7-34H,1-6H3. The third-order valence-electron chi connectivity index (χ3n) is 12.6. The van der Waals surface area contributed by atoms with Crippen molar-refractivity contribution in [3.63, 3.8) is 0 Å². The Kier molecular flexibility index (Phi) is 8.02. The Hall–Kier alpha value is -6.92. The van der Waals surface area contributed by atoms with Crippen LogP contribution in [0.2, 0.25) is 0 Å². The number of pyridine rings is 2. The summed E-state index contributed by atoms with van der Waals surface area (Å²) >= 11 is 0. The maximum Gasteiger partial charge on any atom is 0.252 e. The van der Waals surface area contributed by atoms with Crippen molar-refractivity contribution in [1.29, 1.82) is 0 Å². The van der Waals surface area contributed by atoms with E-state index in [0.717, 1.165) is 39.5 Å². The molecule has 60 heavy (non-hydrogen) atoms. The molecule has 0 fully saturated rings. The highest BCUT2D eigenvalue weighted by molar-refractivity contribution is 7.00. The molecular weight excluding hydrogens is 729 g/mol. The molecule has 0 unspecified atom stereocenters. The molecule has 0 spiro atoms. The van der Waals surface area contributed by atoms with Gasteiger partial charge in [-0.15, -0.1) is 0 Å². The molecule has 2 aliphatic heterocycles. The number of hydrogen-bond donors (Lipinski definition) is 0. The van der Waals surface area contributed by atoms with E-state index in [1.54, 1.807) is 0 Å². The summed E-state index contributed by atoms with van der Waals surface area (Å²) in [4.78, 5) is 14.7. The molecule has 6 aromatic carbocycles. The van der Waals surface area contributed by atoms with Gasteiger partial charge in [0, 0.05) is 57.3 Å². The average molecular weight is 776 g/mol. The number of rotatable bonds is 4. The van der Waals surface area contributed by atoms with Gasteiger partial charge in [0.05, 0.1) is 16.7 Å². The first-order chi connectivity index (χ1) is 29.0. The molecule has 0 N–H and O–H groups in total. The van der Waals surface area contributed by atoms with Crippen LogP contribution in [0.1, 0.15) is 52.7 Å². The van der Waals surface area contributed by atoms with Gasteiger partial charge in [0.25, 0.3) is 6.71 Å². The molecule has 0 saturated carbocycles. The number of fused-ring (bicyclic) bond motifs is 7. The molecule has 0 bridgehead atoms. The fourth-order valence-electron chi connectivity index (χ4n) is 9.60. The highest BCUT2D eigenvalue weighted by atomic mass is 15.2. The van der Waals surface area contributed by atoms with Crippen molar-refractivity contribution >= 4 is 79.0 Å². The first kappa shape index (κ1) is 36.2. The molecule has 11 rings (SSSR count). The molecule has 2 aliphatic rings. The van der Waals surface area contributed by atoms with Crippen LogP contribution in [0, 0.1) is 0 Å². The van der Waals surface area contributed by atoms with Crippen molar-refractivity contribution in [2.75, 3.05) is 9.80 Å². The van der Waals surface area contributed by atoms with Crippen molar-refractivity contribution in [3.05, 3.63) is 181 Å². The largest absolute Gasteiger partial charge is 0.311 e. The van der Waals surface area contributed by atoms with Gasteiger partial charge in [-0.25, -0.2) is 4.98 Å². The van der Waals surface area contributed by atoms with Crippen LogP contribution < -0.4 is 26.2 Å². The van der Waals surface area contributed by atoms with Crippen molar-refractivity contribution in [2.24, 2.45) is 0 Å². The van der Waals surface area contributed by atoms with Crippen molar-refractivity contribution in [3.8, 4) is 17.1 Å². The van der Waals surface area contributed by atoms with Crippen LogP contribution in [0.3, 0.4) is 0 Å². The van der Waals surface area contributed by atoms with Crippen LogP contribution in [0.25, 0.3) is 38.9 Å². The van der Waals surface area contributed by atoms with Crippen molar-refractivity contribution in [1.82, 2.24) is 14.5 Å². The Balaban J connectivity index is 1.24. The summed E-state index contributed by atoms with van der Waals surface area (Å²) in [6, 6.07) is 58.2. The predicted molar refractivity (Wildman–Crippen MR) is 253 cm³/mol. The first-order valence-electron chi connectivity index (χ1n) is 21.0. The zero-order valence-corrected chi connectivity index (χ0v) is 35.0. The van der Waals surface area contributed by atoms with Crippen LogP contribution in [0.5, 0.6) is 0 Å². The molecule has 3 aromatic heterocycles. The Bertz CT molecular complexity index is 3100. The van der Waals surface area contributed by atoms with Crippen LogP contribution in [-0.2, 0) is 10.8 Å². The molecule has 0 atom stereocenters. The lowest BCUT2D eigenvalue weighted by Gasteiger charge is -2.44. The van der Waals surface area contributed by atoms with Gasteiger partial charge >= 0.3 is 0 Å². The van der Waals surface area contributed by atoms with Crippen LogP contribution in [0.15, 0.2) is 170 Å². The quantitative estimate of drug-likeness (QED) is 0.167. The lowest BCUT2D eigenvalue weighted by atomic mass is 9.33. The molecule has 0 radical (unpaired) electrons. The van der Waals surface area contributed by atoms with E-state index in [1.165, 1.54) is 61.0 Å². The predicted octanol–water partition coefficient (Wildman–Crippen LogP) is 11.9. The van der Waals surface area contributed by atoms with Gasteiger partial charge < -0.3 is 9.80 Å². The summed E-state index contributed by atoms with van der Waals surface area (Å²) in [5, 5.41) is 2.40. The van der Waals surface area contributed by atoms with E-state index in [4.69, 9.17) is 9.97 Å². The van der Waals surface area contributed by atoms with E-state index in [2.05, 4.69) is 202 Å². The van der Waals surface area contributed by atoms with Gasteiger partial charge in [0.15, 0.2) is 0 Å². The minimum Gasteiger partial charge on any atom is -0.311 e. The lowest BCUT2D eigenvalue weighted by molar-refractivity contribution is 0.590. The van der Waals surface area contributed by atoms with Crippen LogP contribution in [0.4, 0.5) is 34.1 Å². The van der Waals surface area contributed by atoms with E-state index in [-0.39, 0.29) is 17.5 Å². The van der Waals surface area contributed by atoms with Crippen molar-refractivity contribution < 1.29 is 0 Å². The second-order valence-electron chi connectivity index (χ2n) is 18.4. The average Bonchev–Trinajstić information content (AvgIpc) is 3.59. The molecule has 9 aromatic rings. The van der Waals surface area contributed by atoms with Gasteiger partial charge in [0.2, 0.25) is 0 Å². The fraction of sp³-hybridized carbons (Fsp3) is 0.148. The van der Waals surface area contributed by atoms with E-state index in [1.807, 2.05) is 24.5 Å². The lowest BCUT2D eigenvalue weighted by Crippen LogP contribution is -2.61. The topological polar surface area (TPSA) is 37.2 Å². The number of nitrogens with zero attached hydrogens (tertiary/aromatic N) is 5. The molecule has 6 heteroatoms. The van der Waals surface area contributed by atoms with Crippen LogP contribution in [-0.4, -0.2) is 21.2 Å². The normalized spacial score (nSPS) is 13.4. The van der Waals surface area contributed by atoms with Gasteiger partial charge in [0.1, 0.15) is 5.82 Å². The third kappa shape index (κ3) is 5.61.